The van der Waals surface area contributed by atoms with Crippen molar-refractivity contribution in [2.24, 2.45) is 18.0 Å². The van der Waals surface area contributed by atoms with Crippen molar-refractivity contribution in [3.8, 4) is 0 Å². The number of amides is 1. The number of aromatic nitrogens is 2. The minimum absolute atomic E-state index is 0.0552. The van der Waals surface area contributed by atoms with Gasteiger partial charge in [-0.1, -0.05) is 12.1 Å². The smallest absolute Gasteiger partial charge is 0.251 e. The molecule has 1 amide bonds. The zero-order valence-corrected chi connectivity index (χ0v) is 17.7. The molecule has 0 bridgehead atoms. The maximum Gasteiger partial charge on any atom is 0.251 e. The first kappa shape index (κ1) is 20.9. The van der Waals surface area contributed by atoms with Crippen LogP contribution >= 0.6 is 0 Å². The molecule has 1 aromatic carbocycles. The van der Waals surface area contributed by atoms with E-state index in [1.807, 2.05) is 36.1 Å². The first-order valence-corrected chi connectivity index (χ1v) is 10.4. The van der Waals surface area contributed by atoms with E-state index in [4.69, 9.17) is 4.99 Å². The summed E-state index contributed by atoms with van der Waals surface area (Å²) >= 11 is 0. The summed E-state index contributed by atoms with van der Waals surface area (Å²) in [5.74, 6) is 1.57. The van der Waals surface area contributed by atoms with E-state index in [9.17, 15) is 4.79 Å². The van der Waals surface area contributed by atoms with Crippen molar-refractivity contribution in [1.29, 1.82) is 0 Å². The second kappa shape index (κ2) is 10.1. The largest absolute Gasteiger partial charge is 0.357 e. The highest BCUT2D eigenvalue weighted by atomic mass is 16.1. The number of guanidine groups is 1. The van der Waals surface area contributed by atoms with Gasteiger partial charge in [-0.15, -0.1) is 0 Å². The van der Waals surface area contributed by atoms with Gasteiger partial charge in [-0.2, -0.15) is 5.10 Å². The highest BCUT2D eigenvalue weighted by molar-refractivity contribution is 5.94. The SMILES string of the molecule is CCNC(=NCCc1cccc(C(=O)NC)c1)N1CCC(Cc2cnn(C)c2)C1. The number of nitrogens with one attached hydrogen (secondary N) is 2. The highest BCUT2D eigenvalue weighted by Crippen LogP contribution is 2.20. The van der Waals surface area contributed by atoms with Gasteiger partial charge in [-0.3, -0.25) is 14.5 Å². The average Bonchev–Trinajstić information content (AvgIpc) is 3.36. The number of benzene rings is 1. The van der Waals surface area contributed by atoms with E-state index in [1.165, 1.54) is 12.0 Å². The number of nitrogens with zero attached hydrogens (tertiary/aromatic N) is 4. The molecule has 7 nitrogen and oxygen atoms in total. The maximum absolute atomic E-state index is 11.8. The van der Waals surface area contributed by atoms with Crippen molar-refractivity contribution in [2.75, 3.05) is 33.2 Å². The van der Waals surface area contributed by atoms with Crippen LogP contribution in [0.3, 0.4) is 0 Å². The number of rotatable bonds is 7. The molecule has 156 valence electrons. The molecule has 3 rings (SSSR count). The van der Waals surface area contributed by atoms with Gasteiger partial charge in [0.1, 0.15) is 0 Å². The van der Waals surface area contributed by atoms with E-state index < -0.39 is 0 Å². The third kappa shape index (κ3) is 5.82. The lowest BCUT2D eigenvalue weighted by Crippen LogP contribution is -2.40. The second-order valence-corrected chi connectivity index (χ2v) is 7.59. The van der Waals surface area contributed by atoms with Crippen LogP contribution in [0.5, 0.6) is 0 Å². The molecule has 1 saturated heterocycles. The third-order valence-corrected chi connectivity index (χ3v) is 5.28. The van der Waals surface area contributed by atoms with Gasteiger partial charge >= 0.3 is 0 Å². The lowest BCUT2D eigenvalue weighted by Gasteiger charge is -2.21. The Morgan fingerprint density at radius 3 is 2.93 bits per heavy atom. The highest BCUT2D eigenvalue weighted by Gasteiger charge is 2.25. The van der Waals surface area contributed by atoms with Gasteiger partial charge < -0.3 is 15.5 Å². The van der Waals surface area contributed by atoms with Gasteiger partial charge in [0.05, 0.1) is 6.20 Å². The molecule has 1 atom stereocenters. The Balaban J connectivity index is 1.56. The summed E-state index contributed by atoms with van der Waals surface area (Å²) in [7, 11) is 3.62. The summed E-state index contributed by atoms with van der Waals surface area (Å²) in [4.78, 5) is 19.0. The molecule has 1 unspecified atom stereocenters. The van der Waals surface area contributed by atoms with Gasteiger partial charge in [0, 0.05) is 52.0 Å². The molecule has 1 fully saturated rings. The van der Waals surface area contributed by atoms with Crippen molar-refractivity contribution < 1.29 is 4.79 Å². The Morgan fingerprint density at radius 1 is 1.34 bits per heavy atom. The minimum Gasteiger partial charge on any atom is -0.357 e. The molecule has 1 aromatic heterocycles. The Labute approximate surface area is 173 Å². The second-order valence-electron chi connectivity index (χ2n) is 7.59. The molecule has 2 heterocycles. The molecule has 0 spiro atoms. The predicted octanol–water partition coefficient (Wildman–Crippen LogP) is 1.85. The van der Waals surface area contributed by atoms with Gasteiger partial charge in [0.25, 0.3) is 5.91 Å². The fourth-order valence-corrected chi connectivity index (χ4v) is 3.83. The quantitative estimate of drug-likeness (QED) is 0.553. The summed E-state index contributed by atoms with van der Waals surface area (Å²) in [5, 5.41) is 10.4. The van der Waals surface area contributed by atoms with Crippen molar-refractivity contribution in [2.45, 2.75) is 26.2 Å². The standard InChI is InChI=1S/C22H32N6O/c1-4-24-22(25-10-8-17-6-5-7-20(13-17)21(29)23-2)28-11-9-18(16-28)12-19-14-26-27(3)15-19/h5-7,13-15,18H,4,8-12,16H2,1-3H3,(H,23,29)(H,24,25). The zero-order chi connectivity index (χ0) is 20.6. The van der Waals surface area contributed by atoms with Crippen molar-refractivity contribution in [3.05, 3.63) is 53.3 Å². The van der Waals surface area contributed by atoms with Crippen LogP contribution in [-0.4, -0.2) is 59.8 Å². The molecule has 0 aliphatic carbocycles. The van der Waals surface area contributed by atoms with Crippen LogP contribution in [0.4, 0.5) is 0 Å². The normalized spacial score (nSPS) is 16.9. The number of likely N-dealkylation sites (tertiary alicyclic amines) is 1. The first-order valence-electron chi connectivity index (χ1n) is 10.4. The topological polar surface area (TPSA) is 74.6 Å². The van der Waals surface area contributed by atoms with E-state index in [0.717, 1.165) is 44.0 Å². The molecule has 29 heavy (non-hydrogen) atoms. The Morgan fingerprint density at radius 2 is 2.21 bits per heavy atom. The van der Waals surface area contributed by atoms with Gasteiger partial charge in [0.2, 0.25) is 0 Å². The minimum atomic E-state index is -0.0552. The van der Waals surface area contributed by atoms with Crippen molar-refractivity contribution in [1.82, 2.24) is 25.3 Å². The van der Waals surface area contributed by atoms with E-state index >= 15 is 0 Å². The molecule has 1 aliphatic heterocycles. The monoisotopic (exact) mass is 396 g/mol. The van der Waals surface area contributed by atoms with E-state index in [0.29, 0.717) is 18.0 Å². The van der Waals surface area contributed by atoms with Crippen LogP contribution in [0.2, 0.25) is 0 Å². The summed E-state index contributed by atoms with van der Waals surface area (Å²) < 4.78 is 1.87. The van der Waals surface area contributed by atoms with E-state index in [2.05, 4.69) is 39.8 Å². The number of aryl methyl sites for hydroxylation is 1. The van der Waals surface area contributed by atoms with E-state index in [1.54, 1.807) is 7.05 Å². The Kier molecular flexibility index (Phi) is 7.27. The number of hydrogen-bond donors (Lipinski definition) is 2. The molecule has 0 saturated carbocycles. The Bertz CT molecular complexity index is 843. The fourth-order valence-electron chi connectivity index (χ4n) is 3.83. The lowest BCUT2D eigenvalue weighted by atomic mass is 10.0. The summed E-state index contributed by atoms with van der Waals surface area (Å²) in [6.07, 6.45) is 7.12. The predicted molar refractivity (Wildman–Crippen MR) is 116 cm³/mol. The maximum atomic E-state index is 11.8. The molecular weight excluding hydrogens is 364 g/mol. The summed E-state index contributed by atoms with van der Waals surface area (Å²) in [6.45, 7) is 5.71. The van der Waals surface area contributed by atoms with Crippen LogP contribution in [0, 0.1) is 5.92 Å². The third-order valence-electron chi connectivity index (χ3n) is 5.28. The van der Waals surface area contributed by atoms with Gasteiger partial charge in [-0.05, 0) is 55.4 Å². The number of carbonyl (C=O) groups is 1. The summed E-state index contributed by atoms with van der Waals surface area (Å²) in [6, 6.07) is 7.76. The lowest BCUT2D eigenvalue weighted by molar-refractivity contribution is 0.0963. The van der Waals surface area contributed by atoms with Crippen LogP contribution < -0.4 is 10.6 Å². The molecule has 2 aromatic rings. The van der Waals surface area contributed by atoms with Crippen LogP contribution in [-0.2, 0) is 19.9 Å². The summed E-state index contributed by atoms with van der Waals surface area (Å²) in [5.41, 5.74) is 3.12. The number of carbonyl (C=O) groups excluding carboxylic acids is 1. The Hall–Kier alpha value is -2.83. The number of hydrogen-bond acceptors (Lipinski definition) is 3. The molecule has 1 aliphatic rings. The molecular formula is C22H32N6O. The zero-order valence-electron chi connectivity index (χ0n) is 17.7. The van der Waals surface area contributed by atoms with Gasteiger partial charge in [0.15, 0.2) is 5.96 Å². The number of aliphatic imine (C=N–C) groups is 1. The first-order chi connectivity index (χ1) is 14.1. The van der Waals surface area contributed by atoms with E-state index in [-0.39, 0.29) is 5.91 Å². The van der Waals surface area contributed by atoms with Crippen LogP contribution in [0.15, 0.2) is 41.7 Å². The molecule has 0 radical (unpaired) electrons. The molecule has 7 heteroatoms. The van der Waals surface area contributed by atoms with Crippen molar-refractivity contribution in [3.63, 3.8) is 0 Å². The van der Waals surface area contributed by atoms with Crippen LogP contribution in [0.1, 0.15) is 34.8 Å². The van der Waals surface area contributed by atoms with Crippen molar-refractivity contribution >= 4 is 11.9 Å². The van der Waals surface area contributed by atoms with Gasteiger partial charge in [-0.25, -0.2) is 0 Å². The fraction of sp³-hybridized carbons (Fsp3) is 0.500. The van der Waals surface area contributed by atoms with Crippen LogP contribution in [0.25, 0.3) is 0 Å². The molecule has 2 N–H and O–H groups in total. The average molecular weight is 397 g/mol.